The van der Waals surface area contributed by atoms with Crippen LogP contribution in [0.2, 0.25) is 0 Å². The van der Waals surface area contributed by atoms with Crippen molar-refractivity contribution in [2.24, 2.45) is 0 Å². The van der Waals surface area contributed by atoms with Crippen LogP contribution in [-0.2, 0) is 28.7 Å². The zero-order chi connectivity index (χ0) is 39.1. The Balaban J connectivity index is 0.000000814. The molecule has 4 N–H and O–H groups in total. The number of ether oxygens (including phenoxy) is 2. The Morgan fingerprint density at radius 3 is 1.59 bits per heavy atom. The Morgan fingerprint density at radius 2 is 1.14 bits per heavy atom. The summed E-state index contributed by atoms with van der Waals surface area (Å²) < 4.78 is 9.36. The molecule has 0 bridgehead atoms. The van der Waals surface area contributed by atoms with Crippen LogP contribution < -0.4 is 0 Å². The number of esters is 2. The van der Waals surface area contributed by atoms with Crippen LogP contribution in [0.4, 0.5) is 0 Å². The number of allylic oxidation sites excluding steroid dienone is 8. The van der Waals surface area contributed by atoms with Crippen LogP contribution in [0.3, 0.4) is 0 Å². The SMILES string of the molecule is CC(C)=CCC/C(C)=C/CBr.CCCc1cc(O)c(C/C=C(\C)CCC=C(C)C)c(O)c1C(=O)OC.CCCc1cc(O)cc(O)c1C(=O)OC. The Bertz CT molecular complexity index is 1520. The van der Waals surface area contributed by atoms with Gasteiger partial charge in [0.25, 0.3) is 0 Å². The Morgan fingerprint density at radius 1 is 0.667 bits per heavy atom. The van der Waals surface area contributed by atoms with Crippen LogP contribution in [0.5, 0.6) is 23.0 Å². The Hall–Kier alpha value is -3.98. The quantitative estimate of drug-likeness (QED) is 0.0799. The zero-order valence-electron chi connectivity index (χ0n) is 32.4. The van der Waals surface area contributed by atoms with Gasteiger partial charge in [-0.1, -0.05) is 89.2 Å². The second kappa shape index (κ2) is 25.9. The average molecular weight is 774 g/mol. The molecule has 0 unspecified atom stereocenters. The van der Waals surface area contributed by atoms with E-state index in [4.69, 9.17) is 4.74 Å². The molecule has 0 aromatic heterocycles. The Kier molecular flexibility index (Phi) is 23.9. The number of halogens is 1. The molecule has 284 valence electrons. The van der Waals surface area contributed by atoms with E-state index in [2.05, 4.69) is 73.5 Å². The lowest BCUT2D eigenvalue weighted by atomic mass is 9.95. The molecule has 0 amide bonds. The van der Waals surface area contributed by atoms with Crippen molar-refractivity contribution in [2.75, 3.05) is 19.5 Å². The first kappa shape index (κ1) is 47.0. The van der Waals surface area contributed by atoms with Gasteiger partial charge in [0.2, 0.25) is 0 Å². The molecule has 51 heavy (non-hydrogen) atoms. The van der Waals surface area contributed by atoms with Gasteiger partial charge in [0.1, 0.15) is 34.1 Å². The highest BCUT2D eigenvalue weighted by molar-refractivity contribution is 9.09. The Labute approximate surface area is 314 Å². The number of phenolic OH excluding ortho intramolecular Hbond substituents is 4. The number of phenols is 4. The lowest BCUT2D eigenvalue weighted by Gasteiger charge is -2.14. The van der Waals surface area contributed by atoms with E-state index in [1.807, 2.05) is 26.8 Å². The molecule has 8 nitrogen and oxygen atoms in total. The molecule has 0 radical (unpaired) electrons. The number of hydrogen-bond donors (Lipinski definition) is 4. The molecular weight excluding hydrogens is 712 g/mol. The first-order valence-electron chi connectivity index (χ1n) is 17.5. The van der Waals surface area contributed by atoms with E-state index in [1.54, 1.807) is 6.07 Å². The third-order valence-corrected chi connectivity index (χ3v) is 8.05. The van der Waals surface area contributed by atoms with Crippen molar-refractivity contribution in [3.05, 3.63) is 92.6 Å². The van der Waals surface area contributed by atoms with Crippen LogP contribution >= 0.6 is 15.9 Å². The molecular formula is C42H61BrO8. The summed E-state index contributed by atoms with van der Waals surface area (Å²) in [6, 6.07) is 4.16. The molecule has 9 heteroatoms. The van der Waals surface area contributed by atoms with Crippen molar-refractivity contribution in [3.63, 3.8) is 0 Å². The van der Waals surface area contributed by atoms with Gasteiger partial charge < -0.3 is 29.9 Å². The van der Waals surface area contributed by atoms with E-state index < -0.39 is 11.9 Å². The molecule has 0 aliphatic heterocycles. The monoisotopic (exact) mass is 772 g/mol. The van der Waals surface area contributed by atoms with Crippen molar-refractivity contribution >= 4 is 27.9 Å². The number of alkyl halides is 1. The van der Waals surface area contributed by atoms with Gasteiger partial charge in [-0.25, -0.2) is 9.59 Å². The number of hydrogen-bond acceptors (Lipinski definition) is 8. The van der Waals surface area contributed by atoms with E-state index in [-0.39, 0.29) is 34.1 Å². The standard InChI is InChI=1S/C21H30O4.C11H14O4.C10H17Br/c1-6-8-16-13-18(22)17(20(23)19(16)21(24)25-5)12-11-15(4)10-7-9-14(2)3;1-3-4-7-5-8(12)6-9(13)10(7)11(14)15-2;1-9(2)5-4-6-10(3)7-8-11/h9,11,13,22-23H,6-8,10,12H2,1-5H3;5-6,12-13H,3-4H2,1-2H3;5,7H,4,6,8H2,1-3H3/b15-11+;;10-7+. The summed E-state index contributed by atoms with van der Waals surface area (Å²) in [6.45, 7) is 16.6. The summed E-state index contributed by atoms with van der Waals surface area (Å²) in [5, 5.41) is 40.6. The predicted molar refractivity (Wildman–Crippen MR) is 213 cm³/mol. The molecule has 0 aliphatic rings. The van der Waals surface area contributed by atoms with E-state index >= 15 is 0 Å². The van der Waals surface area contributed by atoms with Crippen LogP contribution in [0.25, 0.3) is 0 Å². The number of aromatic hydroxyl groups is 4. The summed E-state index contributed by atoms with van der Waals surface area (Å²) >= 11 is 3.38. The summed E-state index contributed by atoms with van der Waals surface area (Å²) in [6.07, 6.45) is 16.1. The minimum atomic E-state index is -0.587. The van der Waals surface area contributed by atoms with Crippen LogP contribution in [0.1, 0.15) is 131 Å². The first-order valence-corrected chi connectivity index (χ1v) is 18.6. The minimum Gasteiger partial charge on any atom is -0.508 e. The first-order chi connectivity index (χ1) is 24.1. The van der Waals surface area contributed by atoms with Crippen molar-refractivity contribution in [1.82, 2.24) is 0 Å². The van der Waals surface area contributed by atoms with Gasteiger partial charge >= 0.3 is 11.9 Å². The van der Waals surface area contributed by atoms with Crippen LogP contribution in [0, 0.1) is 0 Å². The number of carbonyl (C=O) groups excluding carboxylic acids is 2. The fourth-order valence-corrected chi connectivity index (χ4v) is 5.56. The summed E-state index contributed by atoms with van der Waals surface area (Å²) in [5.41, 5.74) is 7.22. The highest BCUT2D eigenvalue weighted by Crippen LogP contribution is 2.36. The second-order valence-corrected chi connectivity index (χ2v) is 13.5. The smallest absolute Gasteiger partial charge is 0.341 e. The molecule has 2 rings (SSSR count). The average Bonchev–Trinajstić information content (AvgIpc) is 3.04. The zero-order valence-corrected chi connectivity index (χ0v) is 34.0. The van der Waals surface area contributed by atoms with Gasteiger partial charge in [-0.3, -0.25) is 0 Å². The topological polar surface area (TPSA) is 134 Å². The van der Waals surface area contributed by atoms with Gasteiger partial charge in [-0.05, 0) is 110 Å². The predicted octanol–water partition coefficient (Wildman–Crippen LogP) is 11.0. The number of carbonyl (C=O) groups is 2. The van der Waals surface area contributed by atoms with E-state index in [9.17, 15) is 30.0 Å². The number of methoxy groups -OCH3 is 2. The largest absolute Gasteiger partial charge is 0.508 e. The summed E-state index contributed by atoms with van der Waals surface area (Å²) in [7, 11) is 2.54. The molecule has 0 spiro atoms. The lowest BCUT2D eigenvalue weighted by molar-refractivity contribution is 0.0586. The highest BCUT2D eigenvalue weighted by Gasteiger charge is 2.22. The van der Waals surface area contributed by atoms with Gasteiger partial charge in [0.05, 0.1) is 14.2 Å². The minimum absolute atomic E-state index is 0.0157. The maximum Gasteiger partial charge on any atom is 0.341 e. The molecule has 0 saturated heterocycles. The third-order valence-electron chi connectivity index (χ3n) is 7.73. The molecule has 2 aromatic rings. The fourth-order valence-electron chi connectivity index (χ4n) is 5.01. The lowest BCUT2D eigenvalue weighted by Crippen LogP contribution is -2.08. The fraction of sp³-hybridized carbons (Fsp3) is 0.476. The molecule has 0 aliphatic carbocycles. The highest BCUT2D eigenvalue weighted by atomic mass is 79.9. The maximum absolute atomic E-state index is 12.1. The van der Waals surface area contributed by atoms with Gasteiger partial charge in [-0.2, -0.15) is 0 Å². The van der Waals surface area contributed by atoms with Crippen LogP contribution in [0.15, 0.2) is 64.8 Å². The number of benzene rings is 2. The van der Waals surface area contributed by atoms with E-state index in [0.717, 1.165) is 37.1 Å². The van der Waals surface area contributed by atoms with Crippen molar-refractivity contribution < 1.29 is 39.5 Å². The van der Waals surface area contributed by atoms with Gasteiger partial charge in [0, 0.05) is 17.0 Å². The maximum atomic E-state index is 12.1. The van der Waals surface area contributed by atoms with Crippen LogP contribution in [-0.4, -0.2) is 51.9 Å². The normalized spacial score (nSPS) is 11.0. The van der Waals surface area contributed by atoms with Crippen molar-refractivity contribution in [2.45, 2.75) is 113 Å². The summed E-state index contributed by atoms with van der Waals surface area (Å²) in [5.74, 6) is -1.62. The number of rotatable bonds is 15. The van der Waals surface area contributed by atoms with Gasteiger partial charge in [0.15, 0.2) is 0 Å². The third kappa shape index (κ3) is 18.2. The second-order valence-electron chi connectivity index (χ2n) is 12.8. The van der Waals surface area contributed by atoms with Crippen molar-refractivity contribution in [1.29, 1.82) is 0 Å². The molecule has 0 saturated carbocycles. The molecule has 0 fully saturated rings. The van der Waals surface area contributed by atoms with E-state index in [0.29, 0.717) is 36.0 Å². The van der Waals surface area contributed by atoms with Crippen molar-refractivity contribution in [3.8, 4) is 23.0 Å². The molecule has 2 aromatic carbocycles. The van der Waals surface area contributed by atoms with Gasteiger partial charge in [-0.15, -0.1) is 0 Å². The number of aryl methyl sites for hydroxylation is 2. The molecule has 0 atom stereocenters. The summed E-state index contributed by atoms with van der Waals surface area (Å²) in [4.78, 5) is 23.4. The molecule has 0 heterocycles. The van der Waals surface area contributed by atoms with E-state index in [1.165, 1.54) is 55.4 Å².